The zero-order valence-corrected chi connectivity index (χ0v) is 26.7. The smallest absolute Gasteiger partial charge is 0.248 e. The molecule has 1 aliphatic carbocycles. The van der Waals surface area contributed by atoms with E-state index >= 15 is 0 Å². The summed E-state index contributed by atoms with van der Waals surface area (Å²) in [6, 6.07) is 40.2. The van der Waals surface area contributed by atoms with Crippen molar-refractivity contribution in [1.29, 1.82) is 0 Å². The topological polar surface area (TPSA) is 67.4 Å². The van der Waals surface area contributed by atoms with Gasteiger partial charge < -0.3 is 20.1 Å². The van der Waals surface area contributed by atoms with Gasteiger partial charge in [0.05, 0.1) is 11.4 Å². The van der Waals surface area contributed by atoms with Crippen molar-refractivity contribution in [2.45, 2.75) is 13.0 Å². The molecule has 228 valence electrons. The second-order valence-electron chi connectivity index (χ2n) is 12.4. The standard InChI is InChI=1S/C40H37N5O/c1-43(2)33-19-15-27(16-20-33)37-38(28-17-21-34(22-18-28)44(3)4)45(25-26-9-11-29(12-10-26)39(41)46)40(42-37)32-14-13-31-23-30-7-5-6-8-35(30)36(31)24-32/h5-22,24H,23,25H2,1-4H3,(H2,41,46). The molecule has 7 rings (SSSR count). The molecule has 0 spiro atoms. The van der Waals surface area contributed by atoms with Crippen molar-refractivity contribution in [3.05, 3.63) is 138 Å². The van der Waals surface area contributed by atoms with Crippen LogP contribution in [0.25, 0.3) is 45.0 Å². The van der Waals surface area contributed by atoms with Crippen molar-refractivity contribution in [3.8, 4) is 45.0 Å². The number of nitrogens with two attached hydrogens (primary N) is 1. The molecule has 1 aliphatic rings. The quantitative estimate of drug-likeness (QED) is 0.193. The van der Waals surface area contributed by atoms with Crippen molar-refractivity contribution >= 4 is 17.3 Å². The lowest BCUT2D eigenvalue weighted by atomic mass is 10.0. The molecule has 1 heterocycles. The van der Waals surface area contributed by atoms with Gasteiger partial charge in [0.25, 0.3) is 0 Å². The minimum absolute atomic E-state index is 0.432. The van der Waals surface area contributed by atoms with Gasteiger partial charge in [-0.3, -0.25) is 4.79 Å². The molecule has 1 aromatic heterocycles. The van der Waals surface area contributed by atoms with Gasteiger partial charge in [-0.05, 0) is 76.7 Å². The summed E-state index contributed by atoms with van der Waals surface area (Å²) in [5.41, 5.74) is 19.8. The summed E-state index contributed by atoms with van der Waals surface area (Å²) in [6.07, 6.45) is 0.944. The maximum absolute atomic E-state index is 11.8. The Morgan fingerprint density at radius 3 is 1.91 bits per heavy atom. The average Bonchev–Trinajstić information content (AvgIpc) is 3.63. The molecular weight excluding hydrogens is 566 g/mol. The molecule has 1 amide bonds. The van der Waals surface area contributed by atoms with Crippen LogP contribution in [0, 0.1) is 0 Å². The van der Waals surface area contributed by atoms with Crippen molar-refractivity contribution in [2.24, 2.45) is 5.73 Å². The van der Waals surface area contributed by atoms with Gasteiger partial charge in [-0.2, -0.15) is 0 Å². The molecule has 2 N–H and O–H groups in total. The second-order valence-corrected chi connectivity index (χ2v) is 12.4. The van der Waals surface area contributed by atoms with Crippen LogP contribution in [0.4, 0.5) is 11.4 Å². The zero-order chi connectivity index (χ0) is 31.9. The highest BCUT2D eigenvalue weighted by atomic mass is 16.1. The third-order valence-electron chi connectivity index (χ3n) is 8.92. The van der Waals surface area contributed by atoms with Gasteiger partial charge in [-0.15, -0.1) is 0 Å². The molecule has 6 nitrogen and oxygen atoms in total. The van der Waals surface area contributed by atoms with E-state index in [0.717, 1.165) is 57.3 Å². The molecule has 6 heteroatoms. The van der Waals surface area contributed by atoms with Gasteiger partial charge >= 0.3 is 0 Å². The van der Waals surface area contributed by atoms with Crippen LogP contribution >= 0.6 is 0 Å². The molecule has 0 radical (unpaired) electrons. The number of hydrogen-bond acceptors (Lipinski definition) is 4. The van der Waals surface area contributed by atoms with E-state index in [4.69, 9.17) is 10.7 Å². The number of imidazole rings is 1. The number of amides is 1. The Balaban J connectivity index is 1.46. The number of fused-ring (bicyclic) bond motifs is 3. The van der Waals surface area contributed by atoms with Crippen LogP contribution in [0.2, 0.25) is 0 Å². The first-order chi connectivity index (χ1) is 22.3. The number of hydrogen-bond donors (Lipinski definition) is 1. The fraction of sp³-hybridized carbons (Fsp3) is 0.150. The van der Waals surface area contributed by atoms with E-state index in [1.54, 1.807) is 12.1 Å². The summed E-state index contributed by atoms with van der Waals surface area (Å²) in [5.74, 6) is 0.461. The molecule has 0 atom stereocenters. The monoisotopic (exact) mass is 603 g/mol. The van der Waals surface area contributed by atoms with Gasteiger partial charge in [0.2, 0.25) is 5.91 Å². The maximum Gasteiger partial charge on any atom is 0.248 e. The maximum atomic E-state index is 11.8. The van der Waals surface area contributed by atoms with Crippen molar-refractivity contribution in [2.75, 3.05) is 38.0 Å². The van der Waals surface area contributed by atoms with E-state index in [0.29, 0.717) is 12.1 Å². The van der Waals surface area contributed by atoms with Gasteiger partial charge in [0.1, 0.15) is 5.82 Å². The lowest BCUT2D eigenvalue weighted by Crippen LogP contribution is -2.11. The number of carbonyl (C=O) groups is 1. The molecule has 0 unspecified atom stereocenters. The summed E-state index contributed by atoms with van der Waals surface area (Å²) in [4.78, 5) is 21.5. The predicted octanol–water partition coefficient (Wildman–Crippen LogP) is 7.73. The molecule has 0 bridgehead atoms. The molecule has 0 saturated carbocycles. The third-order valence-corrected chi connectivity index (χ3v) is 8.92. The van der Waals surface area contributed by atoms with Gasteiger partial charge in [0.15, 0.2) is 0 Å². The van der Waals surface area contributed by atoms with E-state index in [9.17, 15) is 4.79 Å². The summed E-state index contributed by atoms with van der Waals surface area (Å²) < 4.78 is 2.32. The Bertz CT molecular complexity index is 2050. The summed E-state index contributed by atoms with van der Waals surface area (Å²) in [7, 11) is 8.21. The minimum Gasteiger partial charge on any atom is -0.378 e. The molecule has 6 aromatic rings. The van der Waals surface area contributed by atoms with Crippen LogP contribution in [-0.2, 0) is 13.0 Å². The Hall–Kier alpha value is -5.62. The highest BCUT2D eigenvalue weighted by Crippen LogP contribution is 2.42. The fourth-order valence-corrected chi connectivity index (χ4v) is 6.38. The number of anilines is 2. The first-order valence-electron chi connectivity index (χ1n) is 15.5. The number of nitrogens with zero attached hydrogens (tertiary/aromatic N) is 4. The molecule has 46 heavy (non-hydrogen) atoms. The first kappa shape index (κ1) is 29.1. The number of benzene rings is 5. The lowest BCUT2D eigenvalue weighted by molar-refractivity contribution is 0.1000. The normalized spacial score (nSPS) is 11.7. The van der Waals surface area contributed by atoms with E-state index in [1.807, 2.05) is 12.1 Å². The number of aromatic nitrogens is 2. The van der Waals surface area contributed by atoms with Gasteiger partial charge in [0, 0.05) is 68.4 Å². The average molecular weight is 604 g/mol. The molecule has 0 saturated heterocycles. The SMILES string of the molecule is CN(C)c1ccc(-c2nc(-c3ccc4c(c3)-c3ccccc3C4)n(Cc3ccc(C(N)=O)cc3)c2-c2ccc(N(C)C)cc2)cc1. The van der Waals surface area contributed by atoms with Crippen LogP contribution in [-0.4, -0.2) is 43.6 Å². The Labute approximate surface area is 270 Å². The van der Waals surface area contributed by atoms with Crippen LogP contribution < -0.4 is 15.5 Å². The third kappa shape index (κ3) is 5.32. The molecular formula is C40H37N5O. The van der Waals surface area contributed by atoms with Crippen LogP contribution in [0.15, 0.2) is 115 Å². The number of carbonyl (C=O) groups excluding carboxylic acids is 1. The predicted molar refractivity (Wildman–Crippen MR) is 189 cm³/mol. The largest absolute Gasteiger partial charge is 0.378 e. The number of rotatable bonds is 8. The summed E-state index contributed by atoms with van der Waals surface area (Å²) in [6.45, 7) is 0.565. The highest BCUT2D eigenvalue weighted by molar-refractivity contribution is 5.92. The lowest BCUT2D eigenvalue weighted by Gasteiger charge is -2.17. The Morgan fingerprint density at radius 1 is 0.696 bits per heavy atom. The van der Waals surface area contributed by atoms with E-state index in [2.05, 4.69) is 134 Å². The summed E-state index contributed by atoms with van der Waals surface area (Å²) >= 11 is 0. The van der Waals surface area contributed by atoms with Gasteiger partial charge in [-0.25, -0.2) is 4.98 Å². The first-order valence-corrected chi connectivity index (χ1v) is 15.5. The van der Waals surface area contributed by atoms with Crippen LogP contribution in [0.1, 0.15) is 27.0 Å². The van der Waals surface area contributed by atoms with Crippen molar-refractivity contribution < 1.29 is 4.79 Å². The van der Waals surface area contributed by atoms with Crippen LogP contribution in [0.3, 0.4) is 0 Å². The molecule has 0 aliphatic heterocycles. The Morgan fingerprint density at radius 2 is 1.28 bits per heavy atom. The second kappa shape index (κ2) is 11.7. The van der Waals surface area contributed by atoms with Crippen LogP contribution in [0.5, 0.6) is 0 Å². The molecule has 5 aromatic carbocycles. The van der Waals surface area contributed by atoms with E-state index in [-0.39, 0.29) is 0 Å². The zero-order valence-electron chi connectivity index (χ0n) is 26.7. The Kier molecular flexibility index (Phi) is 7.41. The summed E-state index contributed by atoms with van der Waals surface area (Å²) in [5, 5.41) is 0. The fourth-order valence-electron chi connectivity index (χ4n) is 6.38. The van der Waals surface area contributed by atoms with Crippen molar-refractivity contribution in [3.63, 3.8) is 0 Å². The van der Waals surface area contributed by atoms with Gasteiger partial charge in [-0.1, -0.05) is 72.8 Å². The van der Waals surface area contributed by atoms with Crippen molar-refractivity contribution in [1.82, 2.24) is 9.55 Å². The minimum atomic E-state index is -0.432. The number of primary amides is 1. The van der Waals surface area contributed by atoms with E-state index < -0.39 is 5.91 Å². The van der Waals surface area contributed by atoms with E-state index in [1.165, 1.54) is 22.3 Å². The molecule has 0 fully saturated rings. The highest BCUT2D eigenvalue weighted by Gasteiger charge is 2.24.